The van der Waals surface area contributed by atoms with Gasteiger partial charge in [-0.2, -0.15) is 0 Å². The number of thioether (sulfide) groups is 1. The fraction of sp³-hybridized carbons (Fsp3) is 0.632. The number of fused-ring (bicyclic) bond motifs is 3. The van der Waals surface area contributed by atoms with Gasteiger partial charge in [0, 0.05) is 17.5 Å². The Morgan fingerprint density at radius 1 is 1.27 bits per heavy atom. The Balaban J connectivity index is 1.52. The second-order valence-corrected chi connectivity index (χ2v) is 9.20. The Hall–Kier alpha value is -1.34. The molecule has 0 saturated heterocycles. The summed E-state index contributed by atoms with van der Waals surface area (Å²) in [5, 5.41) is 4.63. The molecule has 140 valence electrons. The summed E-state index contributed by atoms with van der Waals surface area (Å²) in [6.45, 7) is 2.55. The average molecular weight is 392 g/mol. The van der Waals surface area contributed by atoms with E-state index in [1.165, 1.54) is 41.5 Å². The van der Waals surface area contributed by atoms with E-state index in [9.17, 15) is 9.59 Å². The Morgan fingerprint density at radius 2 is 2.08 bits per heavy atom. The fourth-order valence-electron chi connectivity index (χ4n) is 4.09. The quantitative estimate of drug-likeness (QED) is 0.626. The van der Waals surface area contributed by atoms with Crippen molar-refractivity contribution in [3.63, 3.8) is 0 Å². The number of rotatable bonds is 5. The highest BCUT2D eigenvalue weighted by Crippen LogP contribution is 2.35. The molecule has 2 aliphatic carbocycles. The number of nitrogens with zero attached hydrogens (tertiary/aromatic N) is 2. The van der Waals surface area contributed by atoms with Crippen LogP contribution >= 0.6 is 23.1 Å². The second kappa shape index (κ2) is 7.72. The van der Waals surface area contributed by atoms with Crippen molar-refractivity contribution in [3.8, 4) is 0 Å². The number of hydrogen-bond acceptors (Lipinski definition) is 5. The first-order chi connectivity index (χ1) is 12.7. The van der Waals surface area contributed by atoms with Gasteiger partial charge >= 0.3 is 0 Å². The predicted octanol–water partition coefficient (Wildman–Crippen LogP) is 3.51. The van der Waals surface area contributed by atoms with Gasteiger partial charge in [0.25, 0.3) is 5.56 Å². The topological polar surface area (TPSA) is 64.0 Å². The van der Waals surface area contributed by atoms with Crippen LogP contribution in [0.15, 0.2) is 9.95 Å². The molecule has 0 unspecified atom stereocenters. The van der Waals surface area contributed by atoms with E-state index in [1.54, 1.807) is 15.9 Å². The number of amides is 1. The monoisotopic (exact) mass is 391 g/mol. The summed E-state index contributed by atoms with van der Waals surface area (Å²) in [6.07, 6.45) is 9.05. The highest BCUT2D eigenvalue weighted by atomic mass is 32.2. The lowest BCUT2D eigenvalue weighted by Gasteiger charge is -2.22. The van der Waals surface area contributed by atoms with E-state index in [2.05, 4.69) is 5.32 Å². The first-order valence-electron chi connectivity index (χ1n) is 9.64. The summed E-state index contributed by atoms with van der Waals surface area (Å²) in [4.78, 5) is 32.2. The molecule has 1 saturated carbocycles. The zero-order valence-electron chi connectivity index (χ0n) is 15.2. The molecule has 2 aromatic heterocycles. The van der Waals surface area contributed by atoms with Gasteiger partial charge in [0.05, 0.1) is 11.1 Å². The van der Waals surface area contributed by atoms with E-state index in [-0.39, 0.29) is 11.5 Å². The molecule has 0 aliphatic heterocycles. The molecule has 5 nitrogen and oxygen atoms in total. The summed E-state index contributed by atoms with van der Waals surface area (Å²) in [5.74, 6) is 0.368. The number of thiophene rings is 1. The highest BCUT2D eigenvalue weighted by molar-refractivity contribution is 7.99. The maximum atomic E-state index is 13.0. The molecule has 0 spiro atoms. The largest absolute Gasteiger partial charge is 0.353 e. The normalized spacial score (nSPS) is 17.6. The van der Waals surface area contributed by atoms with E-state index in [1.807, 2.05) is 6.92 Å². The van der Waals surface area contributed by atoms with Gasteiger partial charge in [-0.15, -0.1) is 11.3 Å². The van der Waals surface area contributed by atoms with Gasteiger partial charge in [0.1, 0.15) is 4.83 Å². The minimum Gasteiger partial charge on any atom is -0.353 e. The van der Waals surface area contributed by atoms with E-state index in [0.29, 0.717) is 23.5 Å². The summed E-state index contributed by atoms with van der Waals surface area (Å²) < 4.78 is 1.73. The van der Waals surface area contributed by atoms with Crippen molar-refractivity contribution < 1.29 is 4.79 Å². The van der Waals surface area contributed by atoms with Crippen molar-refractivity contribution in [1.29, 1.82) is 0 Å². The third kappa shape index (κ3) is 3.43. The average Bonchev–Trinajstić information content (AvgIpc) is 3.21. The zero-order chi connectivity index (χ0) is 18.1. The molecule has 1 N–H and O–H groups in total. The lowest BCUT2D eigenvalue weighted by atomic mass is 9.95. The zero-order valence-corrected chi connectivity index (χ0v) is 16.8. The van der Waals surface area contributed by atoms with Crippen LogP contribution in [-0.2, 0) is 24.2 Å². The van der Waals surface area contributed by atoms with E-state index in [4.69, 9.17) is 4.98 Å². The van der Waals surface area contributed by atoms with Gasteiger partial charge in [0.15, 0.2) is 5.16 Å². The molecule has 0 radical (unpaired) electrons. The van der Waals surface area contributed by atoms with Crippen molar-refractivity contribution in [1.82, 2.24) is 14.9 Å². The van der Waals surface area contributed by atoms with Gasteiger partial charge in [-0.3, -0.25) is 14.2 Å². The Bertz CT molecular complexity index is 881. The van der Waals surface area contributed by atoms with Gasteiger partial charge < -0.3 is 5.32 Å². The maximum absolute atomic E-state index is 13.0. The van der Waals surface area contributed by atoms with Crippen molar-refractivity contribution in [2.45, 2.75) is 76.0 Å². The Labute approximate surface area is 161 Å². The SMILES string of the molecule is CCn1c(SCC(=O)NC2CCCCC2)nc2sc3c(c2c1=O)CCC3. The first kappa shape index (κ1) is 18.0. The first-order valence-corrected chi connectivity index (χ1v) is 11.4. The van der Waals surface area contributed by atoms with Crippen LogP contribution in [0.3, 0.4) is 0 Å². The van der Waals surface area contributed by atoms with Gasteiger partial charge in [0.2, 0.25) is 5.91 Å². The van der Waals surface area contributed by atoms with Crippen LogP contribution in [0, 0.1) is 0 Å². The fourth-order valence-corrected chi connectivity index (χ4v) is 6.27. The van der Waals surface area contributed by atoms with E-state index < -0.39 is 0 Å². The van der Waals surface area contributed by atoms with Crippen LogP contribution < -0.4 is 10.9 Å². The van der Waals surface area contributed by atoms with E-state index >= 15 is 0 Å². The minimum atomic E-state index is 0.0487. The smallest absolute Gasteiger partial charge is 0.263 e. The number of carbonyl (C=O) groups is 1. The van der Waals surface area contributed by atoms with Crippen molar-refractivity contribution in [2.24, 2.45) is 0 Å². The summed E-state index contributed by atoms with van der Waals surface area (Å²) in [6, 6.07) is 0.320. The molecule has 2 aromatic rings. The summed E-state index contributed by atoms with van der Waals surface area (Å²) in [7, 11) is 0. The van der Waals surface area contributed by atoms with Crippen LogP contribution in [0.5, 0.6) is 0 Å². The minimum absolute atomic E-state index is 0.0487. The molecule has 0 aromatic carbocycles. The van der Waals surface area contributed by atoms with Crippen LogP contribution in [0.2, 0.25) is 0 Å². The number of carbonyl (C=O) groups excluding carboxylic acids is 1. The van der Waals surface area contributed by atoms with Crippen molar-refractivity contribution in [3.05, 3.63) is 20.8 Å². The van der Waals surface area contributed by atoms with Crippen molar-refractivity contribution >= 4 is 39.2 Å². The molecule has 2 aliphatic rings. The van der Waals surface area contributed by atoms with Gasteiger partial charge in [-0.25, -0.2) is 4.98 Å². The highest BCUT2D eigenvalue weighted by Gasteiger charge is 2.23. The van der Waals surface area contributed by atoms with Gasteiger partial charge in [-0.05, 0) is 44.6 Å². The number of nitrogens with one attached hydrogen (secondary N) is 1. The summed E-state index contributed by atoms with van der Waals surface area (Å²) in [5.41, 5.74) is 1.28. The van der Waals surface area contributed by atoms with Crippen LogP contribution in [0.25, 0.3) is 10.2 Å². The third-order valence-electron chi connectivity index (χ3n) is 5.41. The molecule has 4 rings (SSSR count). The standard InChI is InChI=1S/C19H25N3O2S2/c1-2-22-18(24)16-13-9-6-10-14(13)26-17(16)21-19(22)25-11-15(23)20-12-7-4-3-5-8-12/h12H,2-11H2,1H3,(H,20,23). The number of hydrogen-bond donors (Lipinski definition) is 1. The Kier molecular flexibility index (Phi) is 5.36. The molecular formula is C19H25N3O2S2. The molecule has 0 atom stereocenters. The lowest BCUT2D eigenvalue weighted by Crippen LogP contribution is -2.37. The molecular weight excluding hydrogens is 366 g/mol. The second-order valence-electron chi connectivity index (χ2n) is 7.17. The third-order valence-corrected chi connectivity index (χ3v) is 7.57. The van der Waals surface area contributed by atoms with Crippen molar-refractivity contribution in [2.75, 3.05) is 5.75 Å². The molecule has 1 fully saturated rings. The number of aromatic nitrogens is 2. The van der Waals surface area contributed by atoms with Crippen LogP contribution in [0.4, 0.5) is 0 Å². The van der Waals surface area contributed by atoms with Crippen LogP contribution in [-0.4, -0.2) is 27.3 Å². The predicted molar refractivity (Wildman–Crippen MR) is 107 cm³/mol. The molecule has 0 bridgehead atoms. The number of aryl methyl sites for hydroxylation is 2. The molecule has 2 heterocycles. The molecule has 1 amide bonds. The van der Waals surface area contributed by atoms with Gasteiger partial charge in [-0.1, -0.05) is 31.0 Å². The Morgan fingerprint density at radius 3 is 2.85 bits per heavy atom. The van der Waals surface area contributed by atoms with E-state index in [0.717, 1.165) is 42.3 Å². The summed E-state index contributed by atoms with van der Waals surface area (Å²) >= 11 is 3.04. The maximum Gasteiger partial charge on any atom is 0.263 e. The molecule has 26 heavy (non-hydrogen) atoms. The molecule has 7 heteroatoms. The lowest BCUT2D eigenvalue weighted by molar-refractivity contribution is -0.119. The van der Waals surface area contributed by atoms with Crippen LogP contribution in [0.1, 0.15) is 55.9 Å².